The summed E-state index contributed by atoms with van der Waals surface area (Å²) < 4.78 is 39.2. The van der Waals surface area contributed by atoms with E-state index < -0.39 is 10.0 Å². The Hall–Kier alpha value is -2.74. The Morgan fingerprint density at radius 1 is 0.906 bits per heavy atom. The SMILES string of the molecule is O=C(c1ccc(NS(=O)(=O)c2ccc3c(c2)OCCO3)cc1)N1CCC[C@@H]2CCCC[C@H]21. The first-order chi connectivity index (χ1) is 15.5. The average molecular weight is 457 g/mol. The van der Waals surface area contributed by atoms with Gasteiger partial charge in [0, 0.05) is 29.9 Å². The van der Waals surface area contributed by atoms with Crippen molar-refractivity contribution in [3.8, 4) is 11.5 Å². The van der Waals surface area contributed by atoms with Gasteiger partial charge in [-0.1, -0.05) is 12.8 Å². The van der Waals surface area contributed by atoms with Crippen molar-refractivity contribution in [2.45, 2.75) is 49.5 Å². The second kappa shape index (κ2) is 8.65. The van der Waals surface area contributed by atoms with Gasteiger partial charge in [-0.25, -0.2) is 8.42 Å². The molecule has 1 amide bonds. The number of nitrogens with one attached hydrogen (secondary N) is 1. The third-order valence-electron chi connectivity index (χ3n) is 6.71. The van der Waals surface area contributed by atoms with Gasteiger partial charge < -0.3 is 14.4 Å². The third kappa shape index (κ3) is 4.16. The zero-order valence-electron chi connectivity index (χ0n) is 18.0. The average Bonchev–Trinajstić information content (AvgIpc) is 2.83. The standard InChI is InChI=1S/C24H28N2O5S/c27-24(26-13-3-5-17-4-1-2-6-21(17)26)18-7-9-19(10-8-18)25-32(28,29)20-11-12-22-23(16-20)31-15-14-30-22/h7-12,16-17,21,25H,1-6,13-15H2/t17-,21+/m0/s1. The summed E-state index contributed by atoms with van der Waals surface area (Å²) in [6, 6.07) is 11.6. The van der Waals surface area contributed by atoms with E-state index in [0.717, 1.165) is 19.4 Å². The van der Waals surface area contributed by atoms with Crippen LogP contribution < -0.4 is 14.2 Å². The van der Waals surface area contributed by atoms with Gasteiger partial charge in [-0.2, -0.15) is 0 Å². The summed E-state index contributed by atoms with van der Waals surface area (Å²) in [6.45, 7) is 1.64. The maximum absolute atomic E-state index is 13.2. The monoisotopic (exact) mass is 456 g/mol. The van der Waals surface area contributed by atoms with Crippen LogP contribution in [-0.2, 0) is 10.0 Å². The van der Waals surface area contributed by atoms with Crippen molar-refractivity contribution < 1.29 is 22.7 Å². The maximum Gasteiger partial charge on any atom is 0.262 e. The van der Waals surface area contributed by atoms with Crippen molar-refractivity contribution in [3.05, 3.63) is 48.0 Å². The molecule has 170 valence electrons. The molecule has 0 unspecified atom stereocenters. The predicted octanol–water partition coefficient (Wildman–Crippen LogP) is 4.05. The number of anilines is 1. The first-order valence-corrected chi connectivity index (χ1v) is 12.8. The highest BCUT2D eigenvalue weighted by molar-refractivity contribution is 7.92. The van der Waals surface area contributed by atoms with Crippen molar-refractivity contribution in [3.63, 3.8) is 0 Å². The number of hydrogen-bond donors (Lipinski definition) is 1. The fraction of sp³-hybridized carbons (Fsp3) is 0.458. The summed E-state index contributed by atoms with van der Waals surface area (Å²) in [4.78, 5) is 15.3. The first-order valence-electron chi connectivity index (χ1n) is 11.3. The van der Waals surface area contributed by atoms with Crippen molar-refractivity contribution in [2.24, 2.45) is 5.92 Å². The molecular weight excluding hydrogens is 428 g/mol. The lowest BCUT2D eigenvalue weighted by Gasteiger charge is -2.44. The summed E-state index contributed by atoms with van der Waals surface area (Å²) in [6.07, 6.45) is 7.03. The molecule has 2 heterocycles. The van der Waals surface area contributed by atoms with E-state index in [0.29, 0.717) is 47.9 Å². The number of carbonyl (C=O) groups is 1. The second-order valence-electron chi connectivity index (χ2n) is 8.74. The van der Waals surface area contributed by atoms with Crippen LogP contribution in [-0.4, -0.2) is 45.0 Å². The fourth-order valence-electron chi connectivity index (χ4n) is 5.13. The number of piperidine rings is 1. The highest BCUT2D eigenvalue weighted by Crippen LogP contribution is 2.36. The highest BCUT2D eigenvalue weighted by atomic mass is 32.2. The normalized spacial score (nSPS) is 22.7. The number of rotatable bonds is 4. The van der Waals surface area contributed by atoms with E-state index in [4.69, 9.17) is 9.47 Å². The molecule has 32 heavy (non-hydrogen) atoms. The molecule has 5 rings (SSSR count). The Bertz CT molecular complexity index is 1100. The van der Waals surface area contributed by atoms with Crippen LogP contribution in [0, 0.1) is 5.92 Å². The van der Waals surface area contributed by atoms with E-state index >= 15 is 0 Å². The summed E-state index contributed by atoms with van der Waals surface area (Å²) in [7, 11) is -3.80. The topological polar surface area (TPSA) is 84.9 Å². The fourth-order valence-corrected chi connectivity index (χ4v) is 6.20. The predicted molar refractivity (Wildman–Crippen MR) is 121 cm³/mol. The summed E-state index contributed by atoms with van der Waals surface area (Å²) >= 11 is 0. The minimum Gasteiger partial charge on any atom is -0.486 e. The van der Waals surface area contributed by atoms with Gasteiger partial charge in [0.2, 0.25) is 0 Å². The summed E-state index contributed by atoms with van der Waals surface area (Å²) in [5.41, 5.74) is 1.00. The molecule has 1 aliphatic carbocycles. The van der Waals surface area contributed by atoms with Gasteiger partial charge in [0.05, 0.1) is 4.90 Å². The number of benzene rings is 2. The molecule has 8 heteroatoms. The van der Waals surface area contributed by atoms with Gasteiger partial charge in [-0.15, -0.1) is 0 Å². The van der Waals surface area contributed by atoms with E-state index in [1.165, 1.54) is 37.8 Å². The van der Waals surface area contributed by atoms with Crippen molar-refractivity contribution in [2.75, 3.05) is 24.5 Å². The third-order valence-corrected chi connectivity index (χ3v) is 8.09. The van der Waals surface area contributed by atoms with Gasteiger partial charge in [0.1, 0.15) is 13.2 Å². The van der Waals surface area contributed by atoms with Gasteiger partial charge in [-0.3, -0.25) is 9.52 Å². The Morgan fingerprint density at radius 2 is 1.62 bits per heavy atom. The Balaban J connectivity index is 1.30. The highest BCUT2D eigenvalue weighted by Gasteiger charge is 2.36. The Kier molecular flexibility index (Phi) is 5.71. The molecule has 0 bridgehead atoms. The number of ether oxygens (including phenoxy) is 2. The molecule has 0 radical (unpaired) electrons. The lowest BCUT2D eigenvalue weighted by molar-refractivity contribution is 0.0390. The second-order valence-corrected chi connectivity index (χ2v) is 10.4. The van der Waals surface area contributed by atoms with Crippen molar-refractivity contribution in [1.82, 2.24) is 4.90 Å². The molecule has 0 spiro atoms. The summed E-state index contributed by atoms with van der Waals surface area (Å²) in [5, 5.41) is 0. The van der Waals surface area contributed by atoms with Crippen LogP contribution in [0.15, 0.2) is 47.4 Å². The number of sulfonamides is 1. The number of carbonyl (C=O) groups excluding carboxylic acids is 1. The molecule has 2 fully saturated rings. The maximum atomic E-state index is 13.2. The summed E-state index contributed by atoms with van der Waals surface area (Å²) in [5.74, 6) is 1.62. The minimum absolute atomic E-state index is 0.0443. The minimum atomic E-state index is -3.80. The Morgan fingerprint density at radius 3 is 2.44 bits per heavy atom. The molecule has 0 aromatic heterocycles. The molecule has 3 aliphatic rings. The lowest BCUT2D eigenvalue weighted by Crippen LogP contribution is -2.49. The van der Waals surface area contributed by atoms with Crippen LogP contribution in [0.2, 0.25) is 0 Å². The quantitative estimate of drug-likeness (QED) is 0.750. The molecule has 1 saturated carbocycles. The van der Waals surface area contributed by atoms with Gasteiger partial charge >= 0.3 is 0 Å². The van der Waals surface area contributed by atoms with E-state index in [2.05, 4.69) is 4.72 Å². The smallest absolute Gasteiger partial charge is 0.262 e. The molecule has 7 nitrogen and oxygen atoms in total. The van der Waals surface area contributed by atoms with Crippen LogP contribution in [0.1, 0.15) is 48.9 Å². The first kappa shape index (κ1) is 21.1. The largest absolute Gasteiger partial charge is 0.486 e. The molecule has 2 aromatic carbocycles. The number of amides is 1. The van der Waals surface area contributed by atoms with E-state index in [1.807, 2.05) is 4.90 Å². The van der Waals surface area contributed by atoms with Gasteiger partial charge in [0.25, 0.3) is 15.9 Å². The Labute approximate surface area is 188 Å². The van der Waals surface area contributed by atoms with Crippen LogP contribution in [0.4, 0.5) is 5.69 Å². The molecule has 1 saturated heterocycles. The number of hydrogen-bond acceptors (Lipinski definition) is 5. The number of fused-ring (bicyclic) bond motifs is 2. The molecule has 2 atom stereocenters. The zero-order valence-corrected chi connectivity index (χ0v) is 18.8. The van der Waals surface area contributed by atoms with E-state index in [-0.39, 0.29) is 10.8 Å². The van der Waals surface area contributed by atoms with Gasteiger partial charge in [-0.05, 0) is 68.0 Å². The molecule has 1 N–H and O–H groups in total. The van der Waals surface area contributed by atoms with Crippen LogP contribution >= 0.6 is 0 Å². The number of nitrogens with zero attached hydrogens (tertiary/aromatic N) is 1. The van der Waals surface area contributed by atoms with Crippen LogP contribution in [0.5, 0.6) is 11.5 Å². The van der Waals surface area contributed by atoms with Crippen LogP contribution in [0.3, 0.4) is 0 Å². The van der Waals surface area contributed by atoms with E-state index in [1.54, 1.807) is 30.3 Å². The zero-order chi connectivity index (χ0) is 22.1. The molecule has 2 aliphatic heterocycles. The number of likely N-dealkylation sites (tertiary alicyclic amines) is 1. The van der Waals surface area contributed by atoms with E-state index in [9.17, 15) is 13.2 Å². The molecular formula is C24H28N2O5S. The molecule has 2 aromatic rings. The lowest BCUT2D eigenvalue weighted by atomic mass is 9.78. The van der Waals surface area contributed by atoms with Crippen molar-refractivity contribution in [1.29, 1.82) is 0 Å². The van der Waals surface area contributed by atoms with Crippen LogP contribution in [0.25, 0.3) is 0 Å². The van der Waals surface area contributed by atoms with Crippen molar-refractivity contribution >= 4 is 21.6 Å². The van der Waals surface area contributed by atoms with Gasteiger partial charge in [0.15, 0.2) is 11.5 Å².